The molecule has 0 saturated carbocycles. The van der Waals surface area contributed by atoms with E-state index in [0.717, 1.165) is 0 Å². The van der Waals surface area contributed by atoms with Crippen LogP contribution >= 0.6 is 0 Å². The lowest BCUT2D eigenvalue weighted by molar-refractivity contribution is -0.127. The zero-order chi connectivity index (χ0) is 10.9. The molecule has 0 aromatic rings. The molecule has 1 N–H and O–H groups in total. The van der Waals surface area contributed by atoms with Crippen molar-refractivity contribution in [1.29, 1.82) is 0 Å². The maximum atomic E-state index is 11.5. The van der Waals surface area contributed by atoms with Crippen LogP contribution in [-0.2, 0) is 9.59 Å². The number of nitrogens with one attached hydrogen (secondary N) is 1. The van der Waals surface area contributed by atoms with Crippen molar-refractivity contribution >= 4 is 11.6 Å². The van der Waals surface area contributed by atoms with Gasteiger partial charge in [0, 0.05) is 23.2 Å². The second kappa shape index (κ2) is 3.56. The molecule has 0 aromatic heterocycles. The van der Waals surface area contributed by atoms with Gasteiger partial charge in [0.2, 0.25) is 0 Å². The first-order valence-electron chi connectivity index (χ1n) is 4.85. The minimum absolute atomic E-state index is 0.0388. The van der Waals surface area contributed by atoms with Gasteiger partial charge in [0.1, 0.15) is 5.78 Å². The van der Waals surface area contributed by atoms with Crippen LogP contribution < -0.4 is 5.32 Å². The standard InChI is InChI=1S/C11H17NO2/c1-7(13)10-5-11(4,9(3)14)8(2)12-6-10/h6,8,12H,5H2,1-4H3. The van der Waals surface area contributed by atoms with Crippen molar-refractivity contribution in [3.63, 3.8) is 0 Å². The molecule has 1 aliphatic heterocycles. The van der Waals surface area contributed by atoms with E-state index in [1.807, 2.05) is 13.8 Å². The maximum absolute atomic E-state index is 11.5. The quantitative estimate of drug-likeness (QED) is 0.725. The van der Waals surface area contributed by atoms with Crippen molar-refractivity contribution in [3.8, 4) is 0 Å². The molecule has 1 rings (SSSR count). The maximum Gasteiger partial charge on any atom is 0.157 e. The normalized spacial score (nSPS) is 31.7. The first-order chi connectivity index (χ1) is 6.38. The molecule has 2 unspecified atom stereocenters. The number of ketones is 2. The van der Waals surface area contributed by atoms with E-state index in [-0.39, 0.29) is 17.6 Å². The average molecular weight is 195 g/mol. The lowest BCUT2D eigenvalue weighted by atomic mass is 9.72. The molecule has 0 aromatic carbocycles. The molecule has 78 valence electrons. The van der Waals surface area contributed by atoms with Gasteiger partial charge < -0.3 is 5.32 Å². The third-order valence-electron chi connectivity index (χ3n) is 3.28. The third kappa shape index (κ3) is 1.72. The average Bonchev–Trinajstić information content (AvgIpc) is 2.09. The molecule has 0 saturated heterocycles. The van der Waals surface area contributed by atoms with E-state index in [1.54, 1.807) is 13.1 Å². The number of Topliss-reactive ketones (excluding diaryl/α,β-unsaturated/α-hetero) is 2. The number of hydrogen-bond donors (Lipinski definition) is 1. The molecule has 0 amide bonds. The Morgan fingerprint density at radius 1 is 1.50 bits per heavy atom. The predicted octanol–water partition coefficient (Wildman–Crippen LogP) is 1.44. The predicted molar refractivity (Wildman–Crippen MR) is 54.8 cm³/mol. The molecule has 3 heteroatoms. The lowest BCUT2D eigenvalue weighted by Crippen LogP contribution is -2.47. The van der Waals surface area contributed by atoms with Gasteiger partial charge in [-0.25, -0.2) is 0 Å². The summed E-state index contributed by atoms with van der Waals surface area (Å²) in [7, 11) is 0. The highest BCUT2D eigenvalue weighted by Gasteiger charge is 2.39. The van der Waals surface area contributed by atoms with E-state index in [0.29, 0.717) is 12.0 Å². The van der Waals surface area contributed by atoms with Crippen molar-refractivity contribution in [2.75, 3.05) is 0 Å². The van der Waals surface area contributed by atoms with Crippen molar-refractivity contribution < 1.29 is 9.59 Å². The molecule has 0 fully saturated rings. The van der Waals surface area contributed by atoms with Crippen molar-refractivity contribution in [1.82, 2.24) is 5.32 Å². The first-order valence-corrected chi connectivity index (χ1v) is 4.85. The van der Waals surface area contributed by atoms with E-state index in [2.05, 4.69) is 5.32 Å². The Morgan fingerprint density at radius 2 is 2.07 bits per heavy atom. The molecule has 0 aliphatic carbocycles. The summed E-state index contributed by atoms with van der Waals surface area (Å²) in [4.78, 5) is 22.7. The van der Waals surface area contributed by atoms with Crippen molar-refractivity contribution in [2.45, 2.75) is 40.2 Å². The van der Waals surface area contributed by atoms with Gasteiger partial charge in [0.15, 0.2) is 5.78 Å². The SMILES string of the molecule is CC(=O)C1=CNC(C)C(C)(C(C)=O)C1. The van der Waals surface area contributed by atoms with Crippen LogP contribution in [0, 0.1) is 5.41 Å². The smallest absolute Gasteiger partial charge is 0.157 e. The summed E-state index contributed by atoms with van der Waals surface area (Å²) in [6, 6.07) is 0.0862. The van der Waals surface area contributed by atoms with Gasteiger partial charge in [-0.2, -0.15) is 0 Å². The number of allylic oxidation sites excluding steroid dienone is 1. The summed E-state index contributed by atoms with van der Waals surface area (Å²) in [6.45, 7) is 6.99. The Bertz CT molecular complexity index is 306. The van der Waals surface area contributed by atoms with Crippen LogP contribution in [0.5, 0.6) is 0 Å². The highest BCUT2D eigenvalue weighted by atomic mass is 16.1. The first kappa shape index (κ1) is 11.0. The number of hydrogen-bond acceptors (Lipinski definition) is 3. The minimum atomic E-state index is -0.449. The van der Waals surface area contributed by atoms with Crippen molar-refractivity contribution in [2.24, 2.45) is 5.41 Å². The molecule has 0 spiro atoms. The van der Waals surface area contributed by atoms with E-state index in [4.69, 9.17) is 0 Å². The van der Waals surface area contributed by atoms with Gasteiger partial charge in [-0.05, 0) is 27.2 Å². The monoisotopic (exact) mass is 195 g/mol. The molecule has 2 atom stereocenters. The Labute approximate surface area is 84.6 Å². The van der Waals surface area contributed by atoms with Gasteiger partial charge in [-0.15, -0.1) is 0 Å². The zero-order valence-corrected chi connectivity index (χ0v) is 9.18. The van der Waals surface area contributed by atoms with E-state index in [1.165, 1.54) is 6.92 Å². The molecule has 0 bridgehead atoms. The van der Waals surface area contributed by atoms with Gasteiger partial charge in [-0.3, -0.25) is 9.59 Å². The molecular weight excluding hydrogens is 178 g/mol. The lowest BCUT2D eigenvalue weighted by Gasteiger charge is -2.37. The second-order valence-electron chi connectivity index (χ2n) is 4.26. The zero-order valence-electron chi connectivity index (χ0n) is 9.18. The summed E-state index contributed by atoms with van der Waals surface area (Å²) >= 11 is 0. The Kier molecular flexibility index (Phi) is 2.79. The van der Waals surface area contributed by atoms with Gasteiger partial charge >= 0.3 is 0 Å². The van der Waals surface area contributed by atoms with Gasteiger partial charge in [0.25, 0.3) is 0 Å². The van der Waals surface area contributed by atoms with Crippen LogP contribution in [0.25, 0.3) is 0 Å². The van der Waals surface area contributed by atoms with E-state index >= 15 is 0 Å². The summed E-state index contributed by atoms with van der Waals surface area (Å²) < 4.78 is 0. The van der Waals surface area contributed by atoms with E-state index in [9.17, 15) is 9.59 Å². The van der Waals surface area contributed by atoms with Gasteiger partial charge in [0.05, 0.1) is 0 Å². The summed E-state index contributed by atoms with van der Waals surface area (Å²) in [5.41, 5.74) is 0.260. The largest absolute Gasteiger partial charge is 0.387 e. The number of carbonyl (C=O) groups excluding carboxylic acids is 2. The minimum Gasteiger partial charge on any atom is -0.387 e. The van der Waals surface area contributed by atoms with Crippen LogP contribution in [0.4, 0.5) is 0 Å². The van der Waals surface area contributed by atoms with Gasteiger partial charge in [-0.1, -0.05) is 6.92 Å². The molecule has 3 nitrogen and oxygen atoms in total. The van der Waals surface area contributed by atoms with Crippen LogP contribution in [0.2, 0.25) is 0 Å². The molecule has 14 heavy (non-hydrogen) atoms. The fourth-order valence-corrected chi connectivity index (χ4v) is 1.66. The Morgan fingerprint density at radius 3 is 2.50 bits per heavy atom. The van der Waals surface area contributed by atoms with E-state index < -0.39 is 5.41 Å². The fraction of sp³-hybridized carbons (Fsp3) is 0.636. The topological polar surface area (TPSA) is 46.2 Å². The molecular formula is C11H17NO2. The van der Waals surface area contributed by atoms with Crippen molar-refractivity contribution in [3.05, 3.63) is 11.8 Å². The Hall–Kier alpha value is -1.12. The van der Waals surface area contributed by atoms with Crippen LogP contribution in [0.3, 0.4) is 0 Å². The molecule has 1 heterocycles. The molecule has 0 radical (unpaired) electrons. The highest BCUT2D eigenvalue weighted by Crippen LogP contribution is 2.34. The van der Waals surface area contributed by atoms with Crippen LogP contribution in [0.1, 0.15) is 34.1 Å². The summed E-state index contributed by atoms with van der Waals surface area (Å²) in [5.74, 6) is 0.168. The number of rotatable bonds is 2. The molecule has 1 aliphatic rings. The number of carbonyl (C=O) groups is 2. The van der Waals surface area contributed by atoms with Crippen LogP contribution in [0.15, 0.2) is 11.8 Å². The highest BCUT2D eigenvalue weighted by molar-refractivity contribution is 5.95. The third-order valence-corrected chi connectivity index (χ3v) is 3.28. The summed E-state index contributed by atoms with van der Waals surface area (Å²) in [5, 5.41) is 3.08. The second-order valence-corrected chi connectivity index (χ2v) is 4.26. The van der Waals surface area contributed by atoms with Crippen LogP contribution in [-0.4, -0.2) is 17.6 Å². The fourth-order valence-electron chi connectivity index (χ4n) is 1.66. The summed E-state index contributed by atoms with van der Waals surface area (Å²) in [6.07, 6.45) is 2.28. The Balaban J connectivity index is 2.97.